The number of aromatic carboxylic acids is 1. The Labute approximate surface area is 110 Å². The molecular weight excluding hydrogens is 276 g/mol. The van der Waals surface area contributed by atoms with Crippen molar-refractivity contribution in [3.05, 3.63) is 16.3 Å². The second kappa shape index (κ2) is 5.79. The number of rotatable bonds is 6. The minimum absolute atomic E-state index is 0.00384. The number of nitrogens with one attached hydrogen (secondary N) is 1. The van der Waals surface area contributed by atoms with Crippen LogP contribution in [0.1, 0.15) is 16.6 Å². The molecule has 0 saturated heterocycles. The Morgan fingerprint density at radius 2 is 2.17 bits per heavy atom. The van der Waals surface area contributed by atoms with Crippen LogP contribution >= 0.6 is 11.3 Å². The molecule has 6 nitrogen and oxygen atoms in total. The number of hydrogen-bond donors (Lipinski definition) is 2. The number of thiophene rings is 1. The Balaban J connectivity index is 2.77. The van der Waals surface area contributed by atoms with Crippen LogP contribution in [0.25, 0.3) is 0 Å². The maximum atomic E-state index is 11.9. The predicted octanol–water partition coefficient (Wildman–Crippen LogP) is 0.675. The molecular formula is C10H16N2O4S2. The molecule has 1 atom stereocenters. The number of hydrogen-bond acceptors (Lipinski definition) is 5. The van der Waals surface area contributed by atoms with Crippen LogP contribution in [0.5, 0.6) is 0 Å². The lowest BCUT2D eigenvalue weighted by atomic mass is 10.3. The van der Waals surface area contributed by atoms with E-state index in [2.05, 4.69) is 4.72 Å². The van der Waals surface area contributed by atoms with Crippen LogP contribution in [-0.4, -0.2) is 51.1 Å². The first kappa shape index (κ1) is 15.1. The Hall–Kier alpha value is -0.960. The summed E-state index contributed by atoms with van der Waals surface area (Å²) in [5, 5.41) is 10.1. The van der Waals surface area contributed by atoms with Crippen molar-refractivity contribution in [1.82, 2.24) is 9.62 Å². The van der Waals surface area contributed by atoms with E-state index in [0.717, 1.165) is 17.4 Å². The van der Waals surface area contributed by atoms with Crippen molar-refractivity contribution in [3.8, 4) is 0 Å². The average molecular weight is 292 g/mol. The van der Waals surface area contributed by atoms with Crippen LogP contribution in [0, 0.1) is 0 Å². The predicted molar refractivity (Wildman–Crippen MR) is 69.6 cm³/mol. The summed E-state index contributed by atoms with van der Waals surface area (Å²) < 4.78 is 26.2. The lowest BCUT2D eigenvalue weighted by molar-refractivity contribution is 0.0702. The summed E-state index contributed by atoms with van der Waals surface area (Å²) in [5.41, 5.74) is 0. The molecule has 0 amide bonds. The zero-order valence-corrected chi connectivity index (χ0v) is 12.0. The molecule has 0 aromatic carbocycles. The van der Waals surface area contributed by atoms with Crippen molar-refractivity contribution in [2.24, 2.45) is 0 Å². The number of carbonyl (C=O) groups is 1. The minimum Gasteiger partial charge on any atom is -0.477 e. The van der Waals surface area contributed by atoms with Gasteiger partial charge in [-0.25, -0.2) is 17.9 Å². The number of carboxylic acid groups (broad SMARTS) is 1. The van der Waals surface area contributed by atoms with Crippen LogP contribution in [0.4, 0.5) is 0 Å². The highest BCUT2D eigenvalue weighted by molar-refractivity contribution is 7.89. The second-order valence-electron chi connectivity index (χ2n) is 4.12. The smallest absolute Gasteiger partial charge is 0.345 e. The van der Waals surface area contributed by atoms with Gasteiger partial charge in [0, 0.05) is 18.0 Å². The SMILES string of the molecule is CC(CNS(=O)(=O)c1csc(C(=O)O)c1)N(C)C. The lowest BCUT2D eigenvalue weighted by Crippen LogP contribution is -2.38. The maximum absolute atomic E-state index is 11.9. The van der Waals surface area contributed by atoms with E-state index in [1.807, 2.05) is 25.9 Å². The van der Waals surface area contributed by atoms with E-state index in [-0.39, 0.29) is 22.4 Å². The Bertz CT molecular complexity index is 522. The Morgan fingerprint density at radius 3 is 2.61 bits per heavy atom. The largest absolute Gasteiger partial charge is 0.477 e. The highest BCUT2D eigenvalue weighted by Gasteiger charge is 2.19. The fourth-order valence-electron chi connectivity index (χ4n) is 1.07. The van der Waals surface area contributed by atoms with Gasteiger partial charge in [-0.15, -0.1) is 11.3 Å². The molecule has 1 aromatic heterocycles. The summed E-state index contributed by atoms with van der Waals surface area (Å²) >= 11 is 0.896. The van der Waals surface area contributed by atoms with E-state index in [1.165, 1.54) is 5.38 Å². The number of carboxylic acids is 1. The Kier molecular flexibility index (Phi) is 4.85. The molecule has 0 aliphatic heterocycles. The quantitative estimate of drug-likeness (QED) is 0.805. The first-order valence-corrected chi connectivity index (χ1v) is 7.58. The molecule has 0 aliphatic carbocycles. The number of sulfonamides is 1. The fourth-order valence-corrected chi connectivity index (χ4v) is 3.30. The van der Waals surface area contributed by atoms with Crippen LogP contribution in [-0.2, 0) is 10.0 Å². The summed E-state index contributed by atoms with van der Waals surface area (Å²) in [6.45, 7) is 2.16. The van der Waals surface area contributed by atoms with Gasteiger partial charge in [-0.1, -0.05) is 0 Å². The molecule has 1 aromatic rings. The van der Waals surface area contributed by atoms with E-state index in [4.69, 9.17) is 5.11 Å². The molecule has 0 spiro atoms. The van der Waals surface area contributed by atoms with Gasteiger partial charge in [-0.3, -0.25) is 0 Å². The third-order valence-corrected chi connectivity index (χ3v) is 5.02. The molecule has 0 aliphatic rings. The maximum Gasteiger partial charge on any atom is 0.345 e. The molecule has 102 valence electrons. The molecule has 18 heavy (non-hydrogen) atoms. The molecule has 0 fully saturated rings. The van der Waals surface area contributed by atoms with Crippen molar-refractivity contribution in [3.63, 3.8) is 0 Å². The van der Waals surface area contributed by atoms with Crippen molar-refractivity contribution in [2.45, 2.75) is 17.9 Å². The average Bonchev–Trinajstić information content (AvgIpc) is 2.75. The minimum atomic E-state index is -3.63. The molecule has 0 bridgehead atoms. The van der Waals surface area contributed by atoms with Gasteiger partial charge in [-0.2, -0.15) is 0 Å². The summed E-state index contributed by atoms with van der Waals surface area (Å²) in [6.07, 6.45) is 0. The Morgan fingerprint density at radius 1 is 1.56 bits per heavy atom. The number of nitrogens with zero attached hydrogens (tertiary/aromatic N) is 1. The van der Waals surface area contributed by atoms with Crippen molar-refractivity contribution < 1.29 is 18.3 Å². The van der Waals surface area contributed by atoms with Crippen molar-refractivity contribution >= 4 is 27.3 Å². The third kappa shape index (κ3) is 3.77. The third-order valence-electron chi connectivity index (χ3n) is 2.55. The van der Waals surface area contributed by atoms with E-state index >= 15 is 0 Å². The molecule has 1 unspecified atom stereocenters. The van der Waals surface area contributed by atoms with Crippen LogP contribution in [0.2, 0.25) is 0 Å². The normalized spacial score (nSPS) is 13.8. The topological polar surface area (TPSA) is 86.7 Å². The van der Waals surface area contributed by atoms with Gasteiger partial charge in [0.15, 0.2) is 0 Å². The summed E-state index contributed by atoms with van der Waals surface area (Å²) in [5.74, 6) is -1.12. The highest BCUT2D eigenvalue weighted by Crippen LogP contribution is 2.19. The standard InChI is InChI=1S/C10H16N2O4S2/c1-7(12(2)3)5-11-18(15,16)8-4-9(10(13)14)17-6-8/h4,6-7,11H,5H2,1-3H3,(H,13,14). The molecule has 1 heterocycles. The van der Waals surface area contributed by atoms with Crippen LogP contribution in [0.15, 0.2) is 16.3 Å². The lowest BCUT2D eigenvalue weighted by Gasteiger charge is -2.19. The van der Waals surface area contributed by atoms with Gasteiger partial charge < -0.3 is 10.0 Å². The van der Waals surface area contributed by atoms with Gasteiger partial charge in [-0.05, 0) is 27.1 Å². The van der Waals surface area contributed by atoms with Crippen LogP contribution in [0.3, 0.4) is 0 Å². The highest BCUT2D eigenvalue weighted by atomic mass is 32.2. The molecule has 1 rings (SSSR count). The van der Waals surface area contributed by atoms with E-state index < -0.39 is 16.0 Å². The van der Waals surface area contributed by atoms with Crippen LogP contribution < -0.4 is 4.72 Å². The first-order chi connectivity index (χ1) is 8.24. The van der Waals surface area contributed by atoms with Crippen molar-refractivity contribution in [2.75, 3.05) is 20.6 Å². The molecule has 0 radical (unpaired) electrons. The first-order valence-electron chi connectivity index (χ1n) is 5.22. The summed E-state index contributed by atoms with van der Waals surface area (Å²) in [7, 11) is 0.0754. The molecule has 2 N–H and O–H groups in total. The fraction of sp³-hybridized carbons (Fsp3) is 0.500. The molecule has 0 saturated carbocycles. The van der Waals surface area contributed by atoms with Crippen molar-refractivity contribution in [1.29, 1.82) is 0 Å². The van der Waals surface area contributed by atoms with Gasteiger partial charge in [0.1, 0.15) is 4.88 Å². The van der Waals surface area contributed by atoms with E-state index in [0.29, 0.717) is 0 Å². The van der Waals surface area contributed by atoms with Gasteiger partial charge in [0.2, 0.25) is 10.0 Å². The zero-order valence-electron chi connectivity index (χ0n) is 10.4. The zero-order chi connectivity index (χ0) is 13.9. The molecule has 8 heteroatoms. The number of likely N-dealkylation sites (N-methyl/N-ethyl adjacent to an activating group) is 1. The van der Waals surface area contributed by atoms with Gasteiger partial charge >= 0.3 is 5.97 Å². The summed E-state index contributed by atoms with van der Waals surface area (Å²) in [4.78, 5) is 12.6. The van der Waals surface area contributed by atoms with E-state index in [1.54, 1.807) is 0 Å². The second-order valence-corrected chi connectivity index (χ2v) is 6.79. The monoisotopic (exact) mass is 292 g/mol. The summed E-state index contributed by atoms with van der Waals surface area (Å²) in [6, 6.07) is 1.22. The van der Waals surface area contributed by atoms with Gasteiger partial charge in [0.05, 0.1) is 4.90 Å². The van der Waals surface area contributed by atoms with Gasteiger partial charge in [0.25, 0.3) is 0 Å². The van der Waals surface area contributed by atoms with E-state index in [9.17, 15) is 13.2 Å².